The topological polar surface area (TPSA) is 70.6 Å². The van der Waals surface area contributed by atoms with Gasteiger partial charge < -0.3 is 10.8 Å². The smallest absolute Gasteiger partial charge is 0.184 e. The monoisotopic (exact) mass is 254 g/mol. The van der Waals surface area contributed by atoms with Crippen LogP contribution in [0.4, 0.5) is 0 Å². The minimum absolute atomic E-state index is 0. The van der Waals surface area contributed by atoms with Crippen molar-refractivity contribution in [2.24, 2.45) is 10.8 Å². The molecule has 0 saturated carbocycles. The normalized spacial score (nSPS) is 9.43. The summed E-state index contributed by atoms with van der Waals surface area (Å²) >= 11 is 4.53. The summed E-state index contributed by atoms with van der Waals surface area (Å²) in [5.41, 5.74) is 8.13. The molecule has 14 heavy (non-hydrogen) atoms. The zero-order chi connectivity index (χ0) is 9.68. The molecular formula is C8H9CoN3OS. The number of nitrogens with one attached hydrogen (secondary N) is 1. The Bertz CT molecular complexity index is 343. The van der Waals surface area contributed by atoms with Gasteiger partial charge in [0.1, 0.15) is 5.75 Å². The second-order valence-electron chi connectivity index (χ2n) is 2.29. The molecule has 0 aliphatic rings. The minimum atomic E-state index is 0. The van der Waals surface area contributed by atoms with Crippen molar-refractivity contribution in [3.05, 3.63) is 29.8 Å². The Balaban J connectivity index is 0.00000169. The van der Waals surface area contributed by atoms with Gasteiger partial charge in [-0.05, 0) is 24.4 Å². The van der Waals surface area contributed by atoms with E-state index >= 15 is 0 Å². The average Bonchev–Trinajstić information content (AvgIpc) is 2.08. The fourth-order valence-corrected chi connectivity index (χ4v) is 0.815. The van der Waals surface area contributed by atoms with Gasteiger partial charge >= 0.3 is 0 Å². The molecule has 6 heteroatoms. The molecule has 1 aromatic rings. The quantitative estimate of drug-likeness (QED) is 0.409. The predicted octanol–water partition coefficient (Wildman–Crippen LogP) is 0.557. The maximum Gasteiger partial charge on any atom is 0.184 e. The van der Waals surface area contributed by atoms with Gasteiger partial charge in [0.05, 0.1) is 6.21 Å². The van der Waals surface area contributed by atoms with Crippen LogP contribution < -0.4 is 11.2 Å². The van der Waals surface area contributed by atoms with Crippen LogP contribution in [-0.2, 0) is 16.8 Å². The number of hydrogen-bond donors (Lipinski definition) is 3. The summed E-state index contributed by atoms with van der Waals surface area (Å²) in [6.45, 7) is 0. The summed E-state index contributed by atoms with van der Waals surface area (Å²) in [5.74, 6) is 0.163. The van der Waals surface area contributed by atoms with Gasteiger partial charge in [0.2, 0.25) is 0 Å². The van der Waals surface area contributed by atoms with Crippen LogP contribution in [0.2, 0.25) is 0 Å². The van der Waals surface area contributed by atoms with Crippen molar-refractivity contribution in [2.45, 2.75) is 0 Å². The van der Waals surface area contributed by atoms with Gasteiger partial charge in [0, 0.05) is 22.3 Å². The first kappa shape index (κ1) is 12.9. The van der Waals surface area contributed by atoms with E-state index in [1.165, 1.54) is 6.21 Å². The number of phenolic OH excluding ortho intramolecular Hbond substituents is 1. The van der Waals surface area contributed by atoms with E-state index in [0.717, 1.165) is 0 Å². The Hall–Kier alpha value is -1.11. The fourth-order valence-electron chi connectivity index (χ4n) is 0.762. The second kappa shape index (κ2) is 6.36. The maximum atomic E-state index is 9.29. The van der Waals surface area contributed by atoms with Crippen molar-refractivity contribution in [2.75, 3.05) is 0 Å². The molecule has 4 N–H and O–H groups in total. The summed E-state index contributed by atoms with van der Waals surface area (Å²) in [6, 6.07) is 6.82. The third-order valence-corrected chi connectivity index (χ3v) is 1.41. The standard InChI is InChI=1S/C8H9N3OS.Co/c9-8(13)11-10-5-6-3-1-2-4-7(6)12;/h1-5,12H,(H3,9,11,13);. The van der Waals surface area contributed by atoms with Crippen molar-refractivity contribution >= 4 is 23.5 Å². The molecular weight excluding hydrogens is 245 g/mol. The molecule has 0 aromatic heterocycles. The Morgan fingerprint density at radius 2 is 2.14 bits per heavy atom. The molecule has 0 heterocycles. The molecule has 77 valence electrons. The molecule has 0 aliphatic carbocycles. The van der Waals surface area contributed by atoms with Crippen LogP contribution in [0.25, 0.3) is 0 Å². The number of aromatic hydroxyl groups is 1. The SMILES string of the molecule is NC(=S)NN=Cc1ccccc1O.[Co]. The van der Waals surface area contributed by atoms with E-state index in [1.54, 1.807) is 24.3 Å². The van der Waals surface area contributed by atoms with Gasteiger partial charge in [-0.3, -0.25) is 5.43 Å². The minimum Gasteiger partial charge on any atom is -0.507 e. The zero-order valence-electron chi connectivity index (χ0n) is 7.10. The number of thiocarbonyl (C=S) groups is 1. The molecule has 1 aromatic carbocycles. The van der Waals surface area contributed by atoms with Crippen molar-refractivity contribution in [3.63, 3.8) is 0 Å². The molecule has 1 radical (unpaired) electrons. The van der Waals surface area contributed by atoms with Crippen LogP contribution in [0.15, 0.2) is 29.4 Å². The largest absolute Gasteiger partial charge is 0.507 e. The summed E-state index contributed by atoms with van der Waals surface area (Å²) < 4.78 is 0. The molecule has 4 nitrogen and oxygen atoms in total. The summed E-state index contributed by atoms with van der Waals surface area (Å²) in [6.07, 6.45) is 1.44. The second-order valence-corrected chi connectivity index (χ2v) is 2.73. The van der Waals surface area contributed by atoms with E-state index in [4.69, 9.17) is 5.73 Å². The third kappa shape index (κ3) is 4.22. The number of phenols is 1. The summed E-state index contributed by atoms with van der Waals surface area (Å²) in [7, 11) is 0. The van der Waals surface area contributed by atoms with Crippen LogP contribution in [0.3, 0.4) is 0 Å². The molecule has 1 rings (SSSR count). The Morgan fingerprint density at radius 1 is 1.50 bits per heavy atom. The Morgan fingerprint density at radius 3 is 2.71 bits per heavy atom. The molecule has 0 spiro atoms. The van der Waals surface area contributed by atoms with E-state index < -0.39 is 0 Å². The number of benzene rings is 1. The van der Waals surface area contributed by atoms with E-state index in [1.807, 2.05) is 0 Å². The maximum absolute atomic E-state index is 9.29. The number of hydrazone groups is 1. The van der Waals surface area contributed by atoms with Gasteiger partial charge in [0.15, 0.2) is 5.11 Å². The first-order valence-corrected chi connectivity index (χ1v) is 3.97. The Kier molecular flexibility index (Phi) is 5.85. The third-order valence-electron chi connectivity index (χ3n) is 1.32. The molecule has 0 saturated heterocycles. The van der Waals surface area contributed by atoms with Crippen molar-refractivity contribution in [1.82, 2.24) is 5.43 Å². The molecule has 0 amide bonds. The van der Waals surface area contributed by atoms with Crippen LogP contribution in [0.5, 0.6) is 5.75 Å². The van der Waals surface area contributed by atoms with Gasteiger partial charge in [-0.1, -0.05) is 12.1 Å². The number of rotatable bonds is 2. The first-order valence-electron chi connectivity index (χ1n) is 3.56. The van der Waals surface area contributed by atoms with Gasteiger partial charge in [0.25, 0.3) is 0 Å². The fraction of sp³-hybridized carbons (Fsp3) is 0. The van der Waals surface area contributed by atoms with Crippen molar-refractivity contribution in [3.8, 4) is 5.75 Å². The van der Waals surface area contributed by atoms with Gasteiger partial charge in [-0.25, -0.2) is 0 Å². The van der Waals surface area contributed by atoms with Crippen LogP contribution in [0.1, 0.15) is 5.56 Å². The summed E-state index contributed by atoms with van der Waals surface area (Å²) in [4.78, 5) is 0. The average molecular weight is 254 g/mol. The number of nitrogens with two attached hydrogens (primary N) is 1. The van der Waals surface area contributed by atoms with Crippen LogP contribution in [0, 0.1) is 0 Å². The molecule has 0 atom stereocenters. The predicted molar refractivity (Wildman–Crippen MR) is 55.6 cm³/mol. The first-order chi connectivity index (χ1) is 6.20. The van der Waals surface area contributed by atoms with E-state index in [9.17, 15) is 5.11 Å². The van der Waals surface area contributed by atoms with Crippen LogP contribution >= 0.6 is 12.2 Å². The van der Waals surface area contributed by atoms with E-state index in [0.29, 0.717) is 5.56 Å². The molecule has 0 aliphatic heterocycles. The van der Waals surface area contributed by atoms with E-state index in [-0.39, 0.29) is 27.6 Å². The summed E-state index contributed by atoms with van der Waals surface area (Å²) in [5, 5.41) is 13.1. The molecule has 0 unspecified atom stereocenters. The zero-order valence-corrected chi connectivity index (χ0v) is 8.96. The number of nitrogens with zero attached hydrogens (tertiary/aromatic N) is 1. The van der Waals surface area contributed by atoms with Gasteiger partial charge in [-0.15, -0.1) is 0 Å². The molecule has 0 fully saturated rings. The number of para-hydroxylation sites is 1. The van der Waals surface area contributed by atoms with Crippen molar-refractivity contribution in [1.29, 1.82) is 0 Å². The van der Waals surface area contributed by atoms with Crippen LogP contribution in [-0.4, -0.2) is 16.4 Å². The molecule has 0 bridgehead atoms. The van der Waals surface area contributed by atoms with Crippen molar-refractivity contribution < 1.29 is 21.9 Å². The number of hydrogen-bond acceptors (Lipinski definition) is 3. The van der Waals surface area contributed by atoms with E-state index in [2.05, 4.69) is 22.7 Å². The Labute approximate surface area is 97.4 Å². The van der Waals surface area contributed by atoms with Gasteiger partial charge in [-0.2, -0.15) is 5.10 Å².